The minimum Gasteiger partial charge on any atom is -0.726 e. The number of methoxy groups -OCH3 is 1. The second-order valence-electron chi connectivity index (χ2n) is 19.5. The van der Waals surface area contributed by atoms with Gasteiger partial charge in [-0.15, -0.1) is 0 Å². The van der Waals surface area contributed by atoms with Crippen molar-refractivity contribution in [2.75, 3.05) is 26.9 Å². The van der Waals surface area contributed by atoms with Gasteiger partial charge in [0.2, 0.25) is 10.4 Å². The Morgan fingerprint density at radius 3 is 1.97 bits per heavy atom. The summed E-state index contributed by atoms with van der Waals surface area (Å²) in [5, 5.41) is 99.9. The van der Waals surface area contributed by atoms with Crippen molar-refractivity contribution in [1.29, 1.82) is 0 Å². The Morgan fingerprint density at radius 2 is 1.37 bits per heavy atom. The van der Waals surface area contributed by atoms with Crippen molar-refractivity contribution in [1.82, 2.24) is 0 Å². The molecule has 0 aromatic heterocycles. The minimum absolute atomic E-state index is 0. The van der Waals surface area contributed by atoms with E-state index in [0.29, 0.717) is 38.5 Å². The molecule has 0 aromatic rings. The smallest absolute Gasteiger partial charge is 0.726 e. The number of aliphatic hydroxyl groups excluding tert-OH is 8. The first-order valence-corrected chi connectivity index (χ1v) is 22.7. The third kappa shape index (κ3) is 9.59. The van der Waals surface area contributed by atoms with Gasteiger partial charge < -0.3 is 74.2 Å². The molecule has 18 nitrogen and oxygen atoms in total. The molecular formula is C40H69NaO18S. The maximum atomic E-state index is 12.8. The predicted molar refractivity (Wildman–Crippen MR) is 203 cm³/mol. The second-order valence-corrected chi connectivity index (χ2v) is 20.5. The third-order valence-corrected chi connectivity index (χ3v) is 16.3. The summed E-state index contributed by atoms with van der Waals surface area (Å²) in [7, 11) is -3.97. The Bertz CT molecular complexity index is 1530. The van der Waals surface area contributed by atoms with E-state index in [1.54, 1.807) is 0 Å². The fourth-order valence-electron chi connectivity index (χ4n) is 13.0. The van der Waals surface area contributed by atoms with Crippen LogP contribution in [-0.4, -0.2) is 171 Å². The average molecular weight is 893 g/mol. The fraction of sp³-hybridized carbons (Fsp3) is 1.00. The average Bonchev–Trinajstić information content (AvgIpc) is 3.35. The molecule has 6 rings (SSSR count). The van der Waals surface area contributed by atoms with Gasteiger partial charge in [-0.1, -0.05) is 41.0 Å². The van der Waals surface area contributed by atoms with Crippen LogP contribution in [0.4, 0.5) is 0 Å². The third-order valence-electron chi connectivity index (χ3n) is 15.9. The van der Waals surface area contributed by atoms with E-state index in [1.807, 2.05) is 20.8 Å². The van der Waals surface area contributed by atoms with Gasteiger partial charge in [-0.05, 0) is 78.9 Å². The largest absolute Gasteiger partial charge is 1.00 e. The van der Waals surface area contributed by atoms with Crippen LogP contribution in [0, 0.1) is 52.3 Å². The van der Waals surface area contributed by atoms with Gasteiger partial charge in [0, 0.05) is 25.4 Å². The standard InChI is InChI=1S/C40H70O18S.Na/c1-18(2)20(11-14-54-36-34(30(46)23(43)16-55-36)57-37-33(53-6)29(45)22(42)17-56-37)8-7-19(3)26-31(47)32(48)35-39(26,5)13-10-25-38(4)12-9-21(41)28(44)27(38)24(15-40(25,35)49)58-59(50,51)52;/h18-37,41-49H,7-17H2,1-6H3,(H,50,51,52);/q;+1/p-1/t19-,20-,21+,22-,23-,24+,25-,26+,27+,28+,29+,30+,31-,32-,33-,34-,35-,36-,37+,38-,39-,40+;/m1./s1. The monoisotopic (exact) mass is 892 g/mol. The van der Waals surface area contributed by atoms with E-state index in [2.05, 4.69) is 13.8 Å². The van der Waals surface area contributed by atoms with Crippen molar-refractivity contribution >= 4 is 10.4 Å². The van der Waals surface area contributed by atoms with E-state index in [1.165, 1.54) is 7.11 Å². The first-order chi connectivity index (χ1) is 27.5. The molecule has 22 atom stereocenters. The first kappa shape index (κ1) is 51.3. The van der Waals surface area contributed by atoms with E-state index in [9.17, 15) is 58.9 Å². The predicted octanol–water partition coefficient (Wildman–Crippen LogP) is -3.86. The van der Waals surface area contributed by atoms with Gasteiger partial charge >= 0.3 is 29.6 Å². The maximum absolute atomic E-state index is 12.8. The summed E-state index contributed by atoms with van der Waals surface area (Å²) in [6.07, 6.45) is -13.3. The molecule has 20 heteroatoms. The zero-order chi connectivity index (χ0) is 43.6. The van der Waals surface area contributed by atoms with E-state index in [4.69, 9.17) is 27.9 Å². The molecule has 60 heavy (non-hydrogen) atoms. The van der Waals surface area contributed by atoms with Crippen LogP contribution in [0.3, 0.4) is 0 Å². The Hall–Kier alpha value is 0.310. The van der Waals surface area contributed by atoms with E-state index >= 15 is 0 Å². The van der Waals surface area contributed by atoms with Gasteiger partial charge in [0.05, 0.1) is 55.9 Å². The molecule has 6 fully saturated rings. The fourth-order valence-corrected chi connectivity index (χ4v) is 13.5. The molecule has 4 aliphatic carbocycles. The SMILES string of the molecule is CO[C@H]1[C@H](O[C@H]2[C@H](OCC[C@@H](CC[C@@H](C)[C@H]3[C@@H](O)[C@@H](O)[C@@H]4[C@]3(C)CC[C@@H]3[C@@]5(C)CC[C@H](O)[C@H](O)[C@@H]5[C@@H](OS(=O)(=O)[O-])C[C@]34O)C(C)C)OC[C@@H](O)[C@@H]2O)OC[C@@H](O)[C@@H]1O.[Na+]. The van der Waals surface area contributed by atoms with Crippen LogP contribution in [0.2, 0.25) is 0 Å². The van der Waals surface area contributed by atoms with Gasteiger partial charge in [-0.3, -0.25) is 4.18 Å². The van der Waals surface area contributed by atoms with E-state index in [-0.39, 0.29) is 80.0 Å². The second kappa shape index (κ2) is 19.6. The molecule has 0 aromatic carbocycles. The molecule has 344 valence electrons. The van der Waals surface area contributed by atoms with Crippen LogP contribution in [0.5, 0.6) is 0 Å². The van der Waals surface area contributed by atoms with E-state index in [0.717, 1.165) is 0 Å². The van der Waals surface area contributed by atoms with Crippen LogP contribution in [-0.2, 0) is 38.3 Å². The summed E-state index contributed by atoms with van der Waals surface area (Å²) in [6.45, 7) is 9.72. The number of aliphatic hydroxyl groups is 9. The van der Waals surface area contributed by atoms with Gasteiger partial charge in [0.15, 0.2) is 12.6 Å². The van der Waals surface area contributed by atoms with Crippen LogP contribution in [0.1, 0.15) is 86.0 Å². The van der Waals surface area contributed by atoms with Crippen molar-refractivity contribution in [2.45, 2.75) is 171 Å². The summed E-state index contributed by atoms with van der Waals surface area (Å²) in [4.78, 5) is 0. The van der Waals surface area contributed by atoms with Crippen molar-refractivity contribution < 1.29 is 116 Å². The Labute approximate surface area is 375 Å². The molecule has 0 spiro atoms. The van der Waals surface area contributed by atoms with Crippen LogP contribution < -0.4 is 29.6 Å². The maximum Gasteiger partial charge on any atom is 1.00 e. The van der Waals surface area contributed by atoms with Gasteiger partial charge in [0.25, 0.3) is 0 Å². The summed E-state index contributed by atoms with van der Waals surface area (Å²) in [6, 6.07) is 0. The first-order valence-electron chi connectivity index (χ1n) is 21.3. The molecule has 0 unspecified atom stereocenters. The zero-order valence-corrected chi connectivity index (χ0v) is 38.7. The molecule has 9 N–H and O–H groups in total. The van der Waals surface area contributed by atoms with Crippen molar-refractivity contribution in [3.63, 3.8) is 0 Å². The quantitative estimate of drug-likeness (QED) is 0.0458. The minimum atomic E-state index is -5.28. The topological polar surface area (TPSA) is 295 Å². The van der Waals surface area contributed by atoms with Crippen molar-refractivity contribution in [3.05, 3.63) is 0 Å². The van der Waals surface area contributed by atoms with E-state index < -0.39 is 130 Å². The number of fused-ring (bicyclic) bond motifs is 5. The summed E-state index contributed by atoms with van der Waals surface area (Å²) in [5.41, 5.74) is -3.51. The summed E-state index contributed by atoms with van der Waals surface area (Å²) >= 11 is 0. The number of rotatable bonds is 14. The summed E-state index contributed by atoms with van der Waals surface area (Å²) in [5.74, 6) is -2.68. The van der Waals surface area contributed by atoms with Gasteiger partial charge in [-0.25, -0.2) is 8.42 Å². The Balaban J connectivity index is 0.00000683. The van der Waals surface area contributed by atoms with Gasteiger partial charge in [-0.2, -0.15) is 0 Å². The van der Waals surface area contributed by atoms with Crippen LogP contribution in [0.25, 0.3) is 0 Å². The molecular weight excluding hydrogens is 823 g/mol. The molecule has 0 radical (unpaired) electrons. The Morgan fingerprint density at radius 1 is 0.767 bits per heavy atom. The molecule has 2 heterocycles. The molecule has 2 saturated heterocycles. The number of ether oxygens (including phenoxy) is 5. The molecule has 0 bridgehead atoms. The Kier molecular flexibility index (Phi) is 16.8. The van der Waals surface area contributed by atoms with Crippen LogP contribution in [0.15, 0.2) is 0 Å². The molecule has 2 aliphatic heterocycles. The summed E-state index contributed by atoms with van der Waals surface area (Å²) < 4.78 is 69.7. The molecule has 6 aliphatic rings. The molecule has 0 amide bonds. The number of hydrogen-bond donors (Lipinski definition) is 9. The van der Waals surface area contributed by atoms with Crippen LogP contribution >= 0.6 is 0 Å². The normalized spacial score (nSPS) is 49.3. The zero-order valence-electron chi connectivity index (χ0n) is 35.9. The van der Waals surface area contributed by atoms with Crippen molar-refractivity contribution in [2.24, 2.45) is 52.3 Å². The number of hydrogen-bond acceptors (Lipinski definition) is 18. The van der Waals surface area contributed by atoms with Gasteiger partial charge in [0.1, 0.15) is 36.6 Å². The van der Waals surface area contributed by atoms with Crippen molar-refractivity contribution in [3.8, 4) is 0 Å². The molecule has 4 saturated carbocycles.